The third-order valence-electron chi connectivity index (χ3n) is 3.89. The molecule has 1 aromatic rings. The van der Waals surface area contributed by atoms with E-state index in [1.165, 1.54) is 12.8 Å². The summed E-state index contributed by atoms with van der Waals surface area (Å²) < 4.78 is 0. The first kappa shape index (κ1) is 13.1. The molecule has 0 spiro atoms. The summed E-state index contributed by atoms with van der Waals surface area (Å²) in [5, 5.41) is 3.44. The molecule has 0 bridgehead atoms. The van der Waals surface area contributed by atoms with Gasteiger partial charge >= 0.3 is 0 Å². The zero-order valence-corrected chi connectivity index (χ0v) is 11.5. The fraction of sp³-hybridized carbons (Fsp3) is 0.714. The highest BCUT2D eigenvalue weighted by atomic mass is 16.1. The lowest BCUT2D eigenvalue weighted by atomic mass is 9.80. The Hall–Kier alpha value is -1.32. The number of aromatic nitrogens is 2. The quantitative estimate of drug-likeness (QED) is 0.865. The number of nitrogens with zero attached hydrogens (tertiary/aromatic N) is 1. The fourth-order valence-electron chi connectivity index (χ4n) is 2.82. The van der Waals surface area contributed by atoms with Crippen molar-refractivity contribution in [3.8, 4) is 0 Å². The molecule has 100 valence electrons. The van der Waals surface area contributed by atoms with Crippen molar-refractivity contribution in [2.45, 2.75) is 52.5 Å². The van der Waals surface area contributed by atoms with Gasteiger partial charge in [0.15, 0.2) is 0 Å². The van der Waals surface area contributed by atoms with Crippen molar-refractivity contribution in [2.75, 3.05) is 5.32 Å². The maximum atomic E-state index is 11.5. The molecule has 0 saturated heterocycles. The van der Waals surface area contributed by atoms with Gasteiger partial charge in [-0.15, -0.1) is 0 Å². The van der Waals surface area contributed by atoms with E-state index < -0.39 is 0 Å². The van der Waals surface area contributed by atoms with Crippen molar-refractivity contribution in [1.82, 2.24) is 9.97 Å². The summed E-state index contributed by atoms with van der Waals surface area (Å²) in [6, 6.07) is 2.00. The molecule has 4 heteroatoms. The highest BCUT2D eigenvalue weighted by Gasteiger charge is 2.25. The maximum absolute atomic E-state index is 11.5. The van der Waals surface area contributed by atoms with Gasteiger partial charge in [-0.1, -0.05) is 20.8 Å². The van der Waals surface area contributed by atoms with Gasteiger partial charge in [-0.3, -0.25) is 4.79 Å². The summed E-state index contributed by atoms with van der Waals surface area (Å²) in [5.74, 6) is 2.93. The largest absolute Gasteiger partial charge is 0.367 e. The molecule has 18 heavy (non-hydrogen) atoms. The number of hydrogen-bond donors (Lipinski definition) is 2. The standard InChI is InChI=1S/C14H23N3O/c1-4-12-16-13(8-14(18)17-12)15-11-6-5-9(2)7-10(11)3/h8-11H,4-7H2,1-3H3,(H2,15,16,17,18). The van der Waals surface area contributed by atoms with Crippen LogP contribution in [0.2, 0.25) is 0 Å². The second-order valence-corrected chi connectivity index (χ2v) is 5.58. The molecule has 0 aliphatic heterocycles. The third kappa shape index (κ3) is 3.12. The third-order valence-corrected chi connectivity index (χ3v) is 3.89. The lowest BCUT2D eigenvalue weighted by Gasteiger charge is -2.33. The first-order valence-electron chi connectivity index (χ1n) is 6.95. The summed E-state index contributed by atoms with van der Waals surface area (Å²) >= 11 is 0. The predicted octanol–water partition coefficient (Wildman–Crippen LogP) is 2.57. The smallest absolute Gasteiger partial charge is 0.252 e. The van der Waals surface area contributed by atoms with Gasteiger partial charge in [-0.25, -0.2) is 4.98 Å². The Morgan fingerprint density at radius 3 is 2.89 bits per heavy atom. The monoisotopic (exact) mass is 249 g/mol. The highest BCUT2D eigenvalue weighted by molar-refractivity contribution is 5.34. The second-order valence-electron chi connectivity index (χ2n) is 5.58. The molecule has 2 rings (SSSR count). The van der Waals surface area contributed by atoms with Crippen molar-refractivity contribution >= 4 is 5.82 Å². The summed E-state index contributed by atoms with van der Waals surface area (Å²) in [4.78, 5) is 18.7. The van der Waals surface area contributed by atoms with Gasteiger partial charge in [0.2, 0.25) is 0 Å². The molecule has 1 aliphatic rings. The van der Waals surface area contributed by atoms with Crippen LogP contribution >= 0.6 is 0 Å². The summed E-state index contributed by atoms with van der Waals surface area (Å²) in [6.45, 7) is 6.58. The Morgan fingerprint density at radius 1 is 1.44 bits per heavy atom. The Labute approximate surface area is 108 Å². The van der Waals surface area contributed by atoms with E-state index in [9.17, 15) is 4.79 Å². The SMILES string of the molecule is CCc1nc(NC2CCC(C)CC2C)cc(=O)[nH]1. The van der Waals surface area contributed by atoms with Gasteiger partial charge in [0.1, 0.15) is 11.6 Å². The zero-order valence-electron chi connectivity index (χ0n) is 11.5. The van der Waals surface area contributed by atoms with Crippen LogP contribution in [0, 0.1) is 11.8 Å². The fourth-order valence-corrected chi connectivity index (χ4v) is 2.82. The van der Waals surface area contributed by atoms with Gasteiger partial charge in [0.05, 0.1) is 0 Å². The van der Waals surface area contributed by atoms with Crippen molar-refractivity contribution in [2.24, 2.45) is 11.8 Å². The average molecular weight is 249 g/mol. The van der Waals surface area contributed by atoms with Crippen LogP contribution in [-0.4, -0.2) is 16.0 Å². The van der Waals surface area contributed by atoms with Gasteiger partial charge < -0.3 is 10.3 Å². The number of anilines is 1. The molecule has 1 fully saturated rings. The van der Waals surface area contributed by atoms with Crippen molar-refractivity contribution < 1.29 is 0 Å². The van der Waals surface area contributed by atoms with Crippen LogP contribution in [0.5, 0.6) is 0 Å². The predicted molar refractivity (Wildman–Crippen MR) is 73.8 cm³/mol. The van der Waals surface area contributed by atoms with Gasteiger partial charge in [0, 0.05) is 18.5 Å². The molecule has 1 aromatic heterocycles. The lowest BCUT2D eigenvalue weighted by molar-refractivity contribution is 0.276. The Bertz CT molecular complexity index is 455. The Balaban J connectivity index is 2.09. The van der Waals surface area contributed by atoms with Crippen LogP contribution in [0.4, 0.5) is 5.82 Å². The van der Waals surface area contributed by atoms with Crippen molar-refractivity contribution in [3.63, 3.8) is 0 Å². The minimum absolute atomic E-state index is 0.0684. The van der Waals surface area contributed by atoms with Gasteiger partial charge in [-0.05, 0) is 31.1 Å². The van der Waals surface area contributed by atoms with Crippen LogP contribution in [0.1, 0.15) is 45.9 Å². The minimum atomic E-state index is -0.0684. The van der Waals surface area contributed by atoms with Crippen LogP contribution in [0.25, 0.3) is 0 Å². The summed E-state index contributed by atoms with van der Waals surface area (Å²) in [6.07, 6.45) is 4.42. The summed E-state index contributed by atoms with van der Waals surface area (Å²) in [5.41, 5.74) is -0.0684. The Morgan fingerprint density at radius 2 is 2.22 bits per heavy atom. The van der Waals surface area contributed by atoms with E-state index in [2.05, 4.69) is 29.1 Å². The molecule has 0 radical (unpaired) electrons. The zero-order chi connectivity index (χ0) is 13.1. The molecule has 0 aromatic carbocycles. The number of hydrogen-bond acceptors (Lipinski definition) is 3. The van der Waals surface area contributed by atoms with Gasteiger partial charge in [0.25, 0.3) is 5.56 Å². The molecule has 0 amide bonds. The highest BCUT2D eigenvalue weighted by Crippen LogP contribution is 2.30. The van der Waals surface area contributed by atoms with Crippen LogP contribution in [0.15, 0.2) is 10.9 Å². The first-order valence-corrected chi connectivity index (χ1v) is 6.95. The molecule has 3 atom stereocenters. The average Bonchev–Trinajstić information content (AvgIpc) is 2.32. The minimum Gasteiger partial charge on any atom is -0.367 e. The number of H-pyrrole nitrogens is 1. The molecular formula is C14H23N3O. The molecule has 4 nitrogen and oxygen atoms in total. The number of rotatable bonds is 3. The van der Waals surface area contributed by atoms with E-state index >= 15 is 0 Å². The van der Waals surface area contributed by atoms with E-state index in [-0.39, 0.29) is 5.56 Å². The van der Waals surface area contributed by atoms with Crippen molar-refractivity contribution in [1.29, 1.82) is 0 Å². The molecule has 1 aliphatic carbocycles. The molecular weight excluding hydrogens is 226 g/mol. The molecule has 3 unspecified atom stereocenters. The molecule has 2 N–H and O–H groups in total. The van der Waals surface area contributed by atoms with Gasteiger partial charge in [-0.2, -0.15) is 0 Å². The molecule has 1 saturated carbocycles. The van der Waals surface area contributed by atoms with E-state index in [0.29, 0.717) is 12.0 Å². The first-order chi connectivity index (χ1) is 8.58. The lowest BCUT2D eigenvalue weighted by Crippen LogP contribution is -2.33. The number of aromatic amines is 1. The van der Waals surface area contributed by atoms with E-state index in [0.717, 1.165) is 30.4 Å². The topological polar surface area (TPSA) is 57.8 Å². The summed E-state index contributed by atoms with van der Waals surface area (Å²) in [7, 11) is 0. The molecule has 1 heterocycles. The maximum Gasteiger partial charge on any atom is 0.252 e. The van der Waals surface area contributed by atoms with E-state index in [1.54, 1.807) is 6.07 Å². The second kappa shape index (κ2) is 5.55. The van der Waals surface area contributed by atoms with Crippen LogP contribution in [0.3, 0.4) is 0 Å². The number of aryl methyl sites for hydroxylation is 1. The normalized spacial score (nSPS) is 28.1. The van der Waals surface area contributed by atoms with Crippen molar-refractivity contribution in [3.05, 3.63) is 22.2 Å². The van der Waals surface area contributed by atoms with E-state index in [1.807, 2.05) is 6.92 Å². The Kier molecular flexibility index (Phi) is 4.04. The van der Waals surface area contributed by atoms with Crippen LogP contribution in [-0.2, 0) is 6.42 Å². The van der Waals surface area contributed by atoms with E-state index in [4.69, 9.17) is 0 Å². The number of nitrogens with one attached hydrogen (secondary N) is 2. The van der Waals surface area contributed by atoms with Crippen LogP contribution < -0.4 is 10.9 Å².